The summed E-state index contributed by atoms with van der Waals surface area (Å²) in [7, 11) is -2.12. The van der Waals surface area contributed by atoms with Crippen LogP contribution in [0.15, 0.2) is 17.2 Å². The zero-order valence-electron chi connectivity index (χ0n) is 12.1. The predicted molar refractivity (Wildman–Crippen MR) is 79.1 cm³/mol. The summed E-state index contributed by atoms with van der Waals surface area (Å²) in [5, 5.41) is 0. The molecule has 0 radical (unpaired) electrons. The van der Waals surface area contributed by atoms with Crippen molar-refractivity contribution in [1.82, 2.24) is 9.29 Å². The van der Waals surface area contributed by atoms with Gasteiger partial charge in [-0.1, -0.05) is 19.3 Å². The van der Waals surface area contributed by atoms with Gasteiger partial charge in [0, 0.05) is 25.3 Å². The summed E-state index contributed by atoms with van der Waals surface area (Å²) >= 11 is 0. The molecule has 1 aliphatic carbocycles. The lowest BCUT2D eigenvalue weighted by Gasteiger charge is -2.22. The van der Waals surface area contributed by atoms with Gasteiger partial charge in [-0.2, -0.15) is 0 Å². The van der Waals surface area contributed by atoms with Crippen molar-refractivity contribution in [3.05, 3.63) is 18.0 Å². The van der Waals surface area contributed by atoms with Crippen LogP contribution in [0.2, 0.25) is 0 Å². The SMILES string of the molecule is Cn1cc(S(=O)(=O)NC2CCCCCC2N)cc1C(N)=O. The first kappa shape index (κ1) is 16.0. The molecular formula is C13H22N4O3S. The lowest BCUT2D eigenvalue weighted by molar-refractivity contribution is 0.0992. The Bertz CT molecular complexity index is 623. The van der Waals surface area contributed by atoms with Gasteiger partial charge in [-0.3, -0.25) is 4.79 Å². The molecule has 1 amide bonds. The van der Waals surface area contributed by atoms with Gasteiger partial charge < -0.3 is 16.0 Å². The standard InChI is InChI=1S/C13H22N4O3S/c1-17-8-9(7-12(17)13(15)18)21(19,20)16-11-6-4-2-3-5-10(11)14/h7-8,10-11,16H,2-6,14H2,1H3,(H2,15,18). The minimum Gasteiger partial charge on any atom is -0.364 e. The van der Waals surface area contributed by atoms with E-state index in [1.54, 1.807) is 7.05 Å². The van der Waals surface area contributed by atoms with E-state index in [4.69, 9.17) is 11.5 Å². The predicted octanol–water partition coefficient (Wildman–Crippen LogP) is 0.0623. The van der Waals surface area contributed by atoms with Gasteiger partial charge in [-0.25, -0.2) is 13.1 Å². The maximum absolute atomic E-state index is 12.4. The molecule has 1 aromatic rings. The summed E-state index contributed by atoms with van der Waals surface area (Å²) in [4.78, 5) is 11.3. The Morgan fingerprint density at radius 3 is 2.62 bits per heavy atom. The van der Waals surface area contributed by atoms with Crippen molar-refractivity contribution in [3.8, 4) is 0 Å². The zero-order valence-corrected chi connectivity index (χ0v) is 12.9. The number of sulfonamides is 1. The molecule has 2 unspecified atom stereocenters. The molecule has 0 aliphatic heterocycles. The molecule has 0 aromatic carbocycles. The smallest absolute Gasteiger partial charge is 0.265 e. The molecule has 0 bridgehead atoms. The fourth-order valence-corrected chi connectivity index (χ4v) is 4.07. The molecule has 7 nitrogen and oxygen atoms in total. The van der Waals surface area contributed by atoms with E-state index in [9.17, 15) is 13.2 Å². The lowest BCUT2D eigenvalue weighted by atomic mass is 10.1. The van der Waals surface area contributed by atoms with Crippen LogP contribution in [0, 0.1) is 0 Å². The Labute approximate surface area is 124 Å². The number of primary amides is 1. The summed E-state index contributed by atoms with van der Waals surface area (Å²) in [5.41, 5.74) is 11.4. The Morgan fingerprint density at radius 1 is 1.33 bits per heavy atom. The fourth-order valence-electron chi connectivity index (χ4n) is 2.68. The number of carbonyl (C=O) groups is 1. The maximum atomic E-state index is 12.4. The van der Waals surface area contributed by atoms with E-state index < -0.39 is 15.9 Å². The van der Waals surface area contributed by atoms with Crippen LogP contribution in [-0.4, -0.2) is 31.0 Å². The number of nitrogens with two attached hydrogens (primary N) is 2. The topological polar surface area (TPSA) is 120 Å². The molecule has 0 saturated heterocycles. The maximum Gasteiger partial charge on any atom is 0.265 e. The van der Waals surface area contributed by atoms with E-state index in [1.807, 2.05) is 0 Å². The molecule has 1 heterocycles. The van der Waals surface area contributed by atoms with Crippen molar-refractivity contribution in [1.29, 1.82) is 0 Å². The summed E-state index contributed by atoms with van der Waals surface area (Å²) in [6, 6.07) is 0.837. The summed E-state index contributed by atoms with van der Waals surface area (Å²) in [6.45, 7) is 0. The highest BCUT2D eigenvalue weighted by Gasteiger charge is 2.27. The third-order valence-electron chi connectivity index (χ3n) is 3.92. The molecule has 0 spiro atoms. The van der Waals surface area contributed by atoms with E-state index in [2.05, 4.69) is 4.72 Å². The molecule has 1 saturated carbocycles. The second kappa shape index (κ2) is 6.17. The number of hydrogen-bond acceptors (Lipinski definition) is 4. The first-order valence-corrected chi connectivity index (χ1v) is 8.53. The second-order valence-electron chi connectivity index (χ2n) is 5.57. The Morgan fingerprint density at radius 2 is 2.00 bits per heavy atom. The minimum absolute atomic E-state index is 0.0373. The molecule has 21 heavy (non-hydrogen) atoms. The number of amides is 1. The van der Waals surface area contributed by atoms with Gasteiger partial charge in [0.25, 0.3) is 5.91 Å². The van der Waals surface area contributed by atoms with Crippen molar-refractivity contribution in [2.45, 2.75) is 49.1 Å². The number of nitrogens with zero attached hydrogens (tertiary/aromatic N) is 1. The van der Waals surface area contributed by atoms with E-state index in [1.165, 1.54) is 16.8 Å². The average molecular weight is 314 g/mol. The zero-order chi connectivity index (χ0) is 15.6. The van der Waals surface area contributed by atoms with Crippen LogP contribution in [-0.2, 0) is 17.1 Å². The minimum atomic E-state index is -3.70. The first-order valence-electron chi connectivity index (χ1n) is 7.05. The molecule has 1 fully saturated rings. The Kier molecular flexibility index (Phi) is 4.70. The third kappa shape index (κ3) is 3.63. The normalized spacial score (nSPS) is 23.7. The lowest BCUT2D eigenvalue weighted by Crippen LogP contribution is -2.46. The van der Waals surface area contributed by atoms with Crippen molar-refractivity contribution < 1.29 is 13.2 Å². The highest BCUT2D eigenvalue weighted by molar-refractivity contribution is 7.89. The van der Waals surface area contributed by atoms with Gasteiger partial charge in [-0.05, 0) is 18.9 Å². The van der Waals surface area contributed by atoms with Crippen LogP contribution < -0.4 is 16.2 Å². The first-order chi connectivity index (χ1) is 9.81. The average Bonchev–Trinajstić information content (AvgIpc) is 2.69. The van der Waals surface area contributed by atoms with E-state index in [-0.39, 0.29) is 22.7 Å². The summed E-state index contributed by atoms with van der Waals surface area (Å²) in [5.74, 6) is -0.662. The number of rotatable bonds is 4. The summed E-state index contributed by atoms with van der Waals surface area (Å²) < 4.78 is 28.9. The van der Waals surface area contributed by atoms with Crippen LogP contribution in [0.4, 0.5) is 0 Å². The van der Waals surface area contributed by atoms with E-state index >= 15 is 0 Å². The molecule has 1 aromatic heterocycles. The molecule has 1 aliphatic rings. The van der Waals surface area contributed by atoms with Crippen LogP contribution in [0.1, 0.15) is 42.6 Å². The van der Waals surface area contributed by atoms with Gasteiger partial charge in [0.2, 0.25) is 10.0 Å². The number of hydrogen-bond donors (Lipinski definition) is 3. The number of aromatic nitrogens is 1. The summed E-state index contributed by atoms with van der Waals surface area (Å²) in [6.07, 6.45) is 5.98. The highest BCUT2D eigenvalue weighted by atomic mass is 32.2. The largest absolute Gasteiger partial charge is 0.364 e. The van der Waals surface area contributed by atoms with Crippen LogP contribution in [0.3, 0.4) is 0 Å². The molecule has 2 rings (SSSR count). The van der Waals surface area contributed by atoms with Crippen LogP contribution >= 0.6 is 0 Å². The second-order valence-corrected chi connectivity index (χ2v) is 7.28. The van der Waals surface area contributed by atoms with E-state index in [0.717, 1.165) is 32.1 Å². The highest BCUT2D eigenvalue weighted by Crippen LogP contribution is 2.20. The van der Waals surface area contributed by atoms with Crippen LogP contribution in [0.25, 0.3) is 0 Å². The molecule has 2 atom stereocenters. The van der Waals surface area contributed by atoms with Crippen molar-refractivity contribution >= 4 is 15.9 Å². The third-order valence-corrected chi connectivity index (χ3v) is 5.38. The van der Waals surface area contributed by atoms with Gasteiger partial charge in [0.05, 0.1) is 0 Å². The van der Waals surface area contributed by atoms with E-state index in [0.29, 0.717) is 0 Å². The van der Waals surface area contributed by atoms with Gasteiger partial charge in [0.1, 0.15) is 10.6 Å². The Hall–Kier alpha value is -1.38. The van der Waals surface area contributed by atoms with Gasteiger partial charge in [0.15, 0.2) is 0 Å². The quantitative estimate of drug-likeness (QED) is 0.681. The molecule has 8 heteroatoms. The molecular weight excluding hydrogens is 292 g/mol. The molecule has 5 N–H and O–H groups in total. The molecule has 118 valence electrons. The van der Waals surface area contributed by atoms with Crippen molar-refractivity contribution in [2.24, 2.45) is 18.5 Å². The van der Waals surface area contributed by atoms with Crippen molar-refractivity contribution in [3.63, 3.8) is 0 Å². The van der Waals surface area contributed by atoms with Crippen LogP contribution in [0.5, 0.6) is 0 Å². The monoisotopic (exact) mass is 314 g/mol. The number of aryl methyl sites for hydroxylation is 1. The number of nitrogens with one attached hydrogen (secondary N) is 1. The van der Waals surface area contributed by atoms with Crippen molar-refractivity contribution in [2.75, 3.05) is 0 Å². The van der Waals surface area contributed by atoms with Gasteiger partial charge in [-0.15, -0.1) is 0 Å². The number of carbonyl (C=O) groups excluding carboxylic acids is 1. The fraction of sp³-hybridized carbons (Fsp3) is 0.615. The van der Waals surface area contributed by atoms with Gasteiger partial charge >= 0.3 is 0 Å². The Balaban J connectivity index is 2.21.